The average Bonchev–Trinajstić information content (AvgIpc) is 2.87. The minimum atomic E-state index is 0.701. The molecule has 1 saturated carbocycles. The highest BCUT2D eigenvalue weighted by Gasteiger charge is 2.27. The first-order valence-corrected chi connectivity index (χ1v) is 4.59. The third-order valence-electron chi connectivity index (χ3n) is 2.63. The number of nitrogens with two attached hydrogens (primary N) is 1. The molecule has 0 saturated heterocycles. The fourth-order valence-electron chi connectivity index (χ4n) is 1.76. The third kappa shape index (κ3) is 0.932. The molecule has 1 aliphatic rings. The first-order valence-electron chi connectivity index (χ1n) is 4.59. The maximum absolute atomic E-state index is 5.81. The molecule has 0 bridgehead atoms. The summed E-state index contributed by atoms with van der Waals surface area (Å²) in [6, 6.07) is 5.96. The van der Waals surface area contributed by atoms with Gasteiger partial charge in [-0.2, -0.15) is 5.10 Å². The maximum atomic E-state index is 5.81. The summed E-state index contributed by atoms with van der Waals surface area (Å²) in [5.74, 6) is 0.701. The second-order valence-electron chi connectivity index (χ2n) is 3.65. The van der Waals surface area contributed by atoms with Crippen LogP contribution in [0.1, 0.15) is 24.5 Å². The van der Waals surface area contributed by atoms with E-state index in [0.717, 1.165) is 11.2 Å². The number of anilines is 1. The van der Waals surface area contributed by atoms with Gasteiger partial charge in [0.1, 0.15) is 5.52 Å². The van der Waals surface area contributed by atoms with E-state index in [2.05, 4.69) is 16.3 Å². The Morgan fingerprint density at radius 1 is 1.38 bits per heavy atom. The summed E-state index contributed by atoms with van der Waals surface area (Å²) in [7, 11) is 0. The van der Waals surface area contributed by atoms with Gasteiger partial charge >= 0.3 is 0 Å². The molecular weight excluding hydrogens is 162 g/mol. The Labute approximate surface area is 75.9 Å². The van der Waals surface area contributed by atoms with Crippen LogP contribution in [0.15, 0.2) is 18.2 Å². The third-order valence-corrected chi connectivity index (χ3v) is 2.63. The van der Waals surface area contributed by atoms with Gasteiger partial charge in [0.25, 0.3) is 0 Å². The molecule has 0 spiro atoms. The molecule has 0 atom stereocenters. The number of aromatic amines is 1. The quantitative estimate of drug-likeness (QED) is 0.648. The van der Waals surface area contributed by atoms with Crippen LogP contribution in [0, 0.1) is 0 Å². The fourth-order valence-corrected chi connectivity index (χ4v) is 1.76. The highest BCUT2D eigenvalue weighted by Crippen LogP contribution is 2.42. The van der Waals surface area contributed by atoms with Crippen molar-refractivity contribution in [2.24, 2.45) is 0 Å². The van der Waals surface area contributed by atoms with Gasteiger partial charge in [0, 0.05) is 17.0 Å². The topological polar surface area (TPSA) is 54.7 Å². The molecule has 0 aliphatic heterocycles. The molecule has 13 heavy (non-hydrogen) atoms. The Balaban J connectivity index is 2.32. The Morgan fingerprint density at radius 2 is 2.23 bits per heavy atom. The molecule has 1 aromatic heterocycles. The lowest BCUT2D eigenvalue weighted by atomic mass is 10.1. The summed E-state index contributed by atoms with van der Waals surface area (Å²) < 4.78 is 0. The molecule has 1 fully saturated rings. The van der Waals surface area contributed by atoms with Crippen molar-refractivity contribution in [2.75, 3.05) is 5.73 Å². The van der Waals surface area contributed by atoms with Gasteiger partial charge in [-0.05, 0) is 18.9 Å². The van der Waals surface area contributed by atoms with Gasteiger partial charge in [-0.15, -0.1) is 0 Å². The summed E-state index contributed by atoms with van der Waals surface area (Å²) in [6.07, 6.45) is 2.57. The van der Waals surface area contributed by atoms with Gasteiger partial charge < -0.3 is 5.73 Å². The molecule has 3 rings (SSSR count). The van der Waals surface area contributed by atoms with Crippen LogP contribution in [-0.4, -0.2) is 10.2 Å². The highest BCUT2D eigenvalue weighted by molar-refractivity contribution is 5.91. The van der Waals surface area contributed by atoms with Gasteiger partial charge in [0.15, 0.2) is 0 Å². The summed E-state index contributed by atoms with van der Waals surface area (Å²) in [6.45, 7) is 0. The molecule has 1 heterocycles. The normalized spacial score (nSPS) is 16.6. The molecule has 66 valence electrons. The molecule has 0 unspecified atom stereocenters. The molecule has 3 heteroatoms. The van der Waals surface area contributed by atoms with Crippen molar-refractivity contribution in [2.45, 2.75) is 18.8 Å². The van der Waals surface area contributed by atoms with Gasteiger partial charge in [-0.25, -0.2) is 0 Å². The number of nitrogens with zero attached hydrogens (tertiary/aromatic N) is 1. The number of rotatable bonds is 1. The number of benzene rings is 1. The van der Waals surface area contributed by atoms with Crippen molar-refractivity contribution in [3.8, 4) is 0 Å². The fraction of sp³-hybridized carbons (Fsp3) is 0.300. The summed E-state index contributed by atoms with van der Waals surface area (Å²) in [4.78, 5) is 0. The van der Waals surface area contributed by atoms with E-state index >= 15 is 0 Å². The van der Waals surface area contributed by atoms with Crippen molar-refractivity contribution >= 4 is 16.6 Å². The number of nitrogens with one attached hydrogen (secondary N) is 1. The van der Waals surface area contributed by atoms with Crippen LogP contribution in [-0.2, 0) is 0 Å². The second kappa shape index (κ2) is 2.25. The first kappa shape index (κ1) is 6.95. The number of aromatic nitrogens is 2. The molecule has 3 N–H and O–H groups in total. The van der Waals surface area contributed by atoms with Crippen molar-refractivity contribution in [3.63, 3.8) is 0 Å². The molecule has 2 aromatic rings. The van der Waals surface area contributed by atoms with Crippen molar-refractivity contribution in [1.29, 1.82) is 0 Å². The molecule has 1 aliphatic carbocycles. The summed E-state index contributed by atoms with van der Waals surface area (Å²) >= 11 is 0. The van der Waals surface area contributed by atoms with Crippen molar-refractivity contribution in [3.05, 3.63) is 23.9 Å². The molecular formula is C10H11N3. The van der Waals surface area contributed by atoms with Crippen LogP contribution in [0.2, 0.25) is 0 Å². The smallest absolute Gasteiger partial charge is 0.115 e. The number of hydrogen-bond donors (Lipinski definition) is 2. The lowest BCUT2D eigenvalue weighted by Crippen LogP contribution is -1.85. The minimum Gasteiger partial charge on any atom is -0.397 e. The summed E-state index contributed by atoms with van der Waals surface area (Å²) in [5.41, 5.74) is 8.76. The van der Waals surface area contributed by atoms with Crippen LogP contribution >= 0.6 is 0 Å². The average molecular weight is 173 g/mol. The van der Waals surface area contributed by atoms with E-state index in [1.165, 1.54) is 23.9 Å². The van der Waals surface area contributed by atoms with E-state index in [0.29, 0.717) is 5.92 Å². The molecule has 3 nitrogen and oxygen atoms in total. The highest BCUT2D eigenvalue weighted by atomic mass is 15.1. The number of H-pyrrole nitrogens is 1. The molecule has 1 aromatic carbocycles. The van der Waals surface area contributed by atoms with E-state index in [1.54, 1.807) is 0 Å². The lowest BCUT2D eigenvalue weighted by Gasteiger charge is -1.94. The van der Waals surface area contributed by atoms with E-state index in [9.17, 15) is 0 Å². The van der Waals surface area contributed by atoms with Crippen LogP contribution in [0.5, 0.6) is 0 Å². The monoisotopic (exact) mass is 173 g/mol. The zero-order valence-corrected chi connectivity index (χ0v) is 7.25. The molecule has 0 amide bonds. The van der Waals surface area contributed by atoms with Gasteiger partial charge in [-0.3, -0.25) is 5.10 Å². The van der Waals surface area contributed by atoms with Crippen molar-refractivity contribution in [1.82, 2.24) is 10.2 Å². The summed E-state index contributed by atoms with van der Waals surface area (Å²) in [5, 5.41) is 8.51. The molecule has 0 radical (unpaired) electrons. The van der Waals surface area contributed by atoms with Crippen molar-refractivity contribution < 1.29 is 0 Å². The Morgan fingerprint density at radius 3 is 3.00 bits per heavy atom. The van der Waals surface area contributed by atoms with Crippen LogP contribution in [0.25, 0.3) is 10.9 Å². The number of fused-ring (bicyclic) bond motifs is 1. The van der Waals surface area contributed by atoms with Gasteiger partial charge in [0.05, 0.1) is 5.69 Å². The Bertz CT molecular complexity index is 454. The largest absolute Gasteiger partial charge is 0.397 e. The van der Waals surface area contributed by atoms with Gasteiger partial charge in [-0.1, -0.05) is 12.1 Å². The van der Waals surface area contributed by atoms with E-state index in [-0.39, 0.29) is 0 Å². The predicted molar refractivity (Wildman–Crippen MR) is 52.5 cm³/mol. The van der Waals surface area contributed by atoms with E-state index in [4.69, 9.17) is 5.73 Å². The Kier molecular flexibility index (Phi) is 1.20. The SMILES string of the molecule is Nc1cccc2c(C3CC3)[nH]nc12. The maximum Gasteiger partial charge on any atom is 0.115 e. The van der Waals surface area contributed by atoms with Crippen LogP contribution in [0.4, 0.5) is 5.69 Å². The van der Waals surface area contributed by atoms with E-state index < -0.39 is 0 Å². The lowest BCUT2D eigenvalue weighted by molar-refractivity contribution is 0.979. The van der Waals surface area contributed by atoms with E-state index in [1.807, 2.05) is 12.1 Å². The number of nitrogen functional groups attached to an aromatic ring is 1. The second-order valence-corrected chi connectivity index (χ2v) is 3.65. The van der Waals surface area contributed by atoms with Gasteiger partial charge in [0.2, 0.25) is 0 Å². The van der Waals surface area contributed by atoms with Crippen LogP contribution < -0.4 is 5.73 Å². The minimum absolute atomic E-state index is 0.701. The number of hydrogen-bond acceptors (Lipinski definition) is 2. The predicted octanol–water partition coefficient (Wildman–Crippen LogP) is 2.02. The zero-order valence-electron chi connectivity index (χ0n) is 7.25. The number of para-hydroxylation sites is 1. The first-order chi connectivity index (χ1) is 6.36. The Hall–Kier alpha value is -1.51. The zero-order chi connectivity index (χ0) is 8.84. The van der Waals surface area contributed by atoms with Crippen LogP contribution in [0.3, 0.4) is 0 Å². The standard InChI is InChI=1S/C10H11N3/c11-8-3-1-2-7-9(6-4-5-6)12-13-10(7)8/h1-3,6H,4-5,11H2,(H,12,13).